The standard InChI is InChI=1S/C15H18N2OS2/c1-4-19-14-12-9(7-15(2,3)8-11(12)18)13(20-14)10-5-6-16-17-10/h5-6H,4,7-8H2,1-3H3,(H,16,17). The summed E-state index contributed by atoms with van der Waals surface area (Å²) in [5.74, 6) is 1.29. The van der Waals surface area contributed by atoms with Gasteiger partial charge >= 0.3 is 0 Å². The second-order valence-electron chi connectivity index (χ2n) is 5.92. The number of aromatic amines is 1. The van der Waals surface area contributed by atoms with Crippen molar-refractivity contribution in [2.75, 3.05) is 5.75 Å². The van der Waals surface area contributed by atoms with Gasteiger partial charge < -0.3 is 0 Å². The zero-order chi connectivity index (χ0) is 14.3. The number of carbonyl (C=O) groups excluding carboxylic acids is 1. The summed E-state index contributed by atoms with van der Waals surface area (Å²) in [5, 5.41) is 7.09. The van der Waals surface area contributed by atoms with E-state index in [1.54, 1.807) is 29.3 Å². The number of nitrogens with zero attached hydrogens (tertiary/aromatic N) is 1. The lowest BCUT2D eigenvalue weighted by Crippen LogP contribution is -2.26. The van der Waals surface area contributed by atoms with Gasteiger partial charge in [-0.3, -0.25) is 9.89 Å². The maximum Gasteiger partial charge on any atom is 0.165 e. The topological polar surface area (TPSA) is 45.8 Å². The van der Waals surface area contributed by atoms with Crippen LogP contribution in [0.3, 0.4) is 0 Å². The fourth-order valence-electron chi connectivity index (χ4n) is 2.79. The Labute approximate surface area is 127 Å². The molecule has 2 aromatic heterocycles. The molecular formula is C15H18N2OS2. The maximum atomic E-state index is 12.5. The highest BCUT2D eigenvalue weighted by Gasteiger charge is 2.36. The van der Waals surface area contributed by atoms with Gasteiger partial charge in [-0.2, -0.15) is 5.10 Å². The number of nitrogens with one attached hydrogen (secondary N) is 1. The van der Waals surface area contributed by atoms with E-state index in [2.05, 4.69) is 31.0 Å². The minimum atomic E-state index is 0.0497. The Morgan fingerprint density at radius 1 is 1.45 bits per heavy atom. The molecular weight excluding hydrogens is 288 g/mol. The van der Waals surface area contributed by atoms with Gasteiger partial charge in [-0.25, -0.2) is 0 Å². The highest BCUT2D eigenvalue weighted by molar-refractivity contribution is 8.01. The van der Waals surface area contributed by atoms with Gasteiger partial charge in [0.05, 0.1) is 14.8 Å². The second kappa shape index (κ2) is 5.04. The van der Waals surface area contributed by atoms with Crippen molar-refractivity contribution in [3.63, 3.8) is 0 Å². The van der Waals surface area contributed by atoms with Gasteiger partial charge in [0.2, 0.25) is 0 Å². The molecule has 0 spiro atoms. The summed E-state index contributed by atoms with van der Waals surface area (Å²) < 4.78 is 1.17. The van der Waals surface area contributed by atoms with Gasteiger partial charge in [0.15, 0.2) is 5.78 Å². The lowest BCUT2D eigenvalue weighted by molar-refractivity contribution is 0.0910. The fourth-order valence-corrected chi connectivity index (χ4v) is 5.32. The number of Topliss-reactive ketones (excluding diaryl/α,β-unsaturated/α-hetero) is 1. The first-order chi connectivity index (χ1) is 9.52. The lowest BCUT2D eigenvalue weighted by atomic mass is 9.74. The molecule has 0 atom stereocenters. The molecule has 0 bridgehead atoms. The van der Waals surface area contributed by atoms with Crippen LogP contribution in [0.4, 0.5) is 0 Å². The predicted molar refractivity (Wildman–Crippen MR) is 84.7 cm³/mol. The van der Waals surface area contributed by atoms with E-state index in [0.29, 0.717) is 12.2 Å². The van der Waals surface area contributed by atoms with Crippen molar-refractivity contribution in [2.45, 2.75) is 37.8 Å². The molecule has 3 rings (SSSR count). The van der Waals surface area contributed by atoms with E-state index < -0.39 is 0 Å². The Hall–Kier alpha value is -1.07. The van der Waals surface area contributed by atoms with Crippen molar-refractivity contribution in [1.29, 1.82) is 0 Å². The van der Waals surface area contributed by atoms with Crippen LogP contribution in [0.15, 0.2) is 16.5 Å². The summed E-state index contributed by atoms with van der Waals surface area (Å²) in [5.41, 5.74) is 3.27. The van der Waals surface area contributed by atoms with Crippen LogP contribution in [0, 0.1) is 5.41 Å². The molecule has 0 saturated heterocycles. The van der Waals surface area contributed by atoms with Gasteiger partial charge in [-0.1, -0.05) is 20.8 Å². The molecule has 0 saturated carbocycles. The van der Waals surface area contributed by atoms with Gasteiger partial charge in [0.1, 0.15) is 0 Å². The summed E-state index contributed by atoms with van der Waals surface area (Å²) in [4.78, 5) is 13.7. The molecule has 106 valence electrons. The summed E-state index contributed by atoms with van der Waals surface area (Å²) in [7, 11) is 0. The number of carbonyl (C=O) groups is 1. The lowest BCUT2D eigenvalue weighted by Gasteiger charge is -2.29. The van der Waals surface area contributed by atoms with E-state index in [0.717, 1.165) is 23.4 Å². The molecule has 0 aromatic carbocycles. The zero-order valence-electron chi connectivity index (χ0n) is 11.9. The molecule has 1 aliphatic carbocycles. The van der Waals surface area contributed by atoms with Crippen molar-refractivity contribution >= 4 is 28.9 Å². The number of H-pyrrole nitrogens is 1. The minimum Gasteiger partial charge on any atom is -0.294 e. The first-order valence-electron chi connectivity index (χ1n) is 6.83. The van der Waals surface area contributed by atoms with Crippen LogP contribution in [0.5, 0.6) is 0 Å². The van der Waals surface area contributed by atoms with E-state index in [1.165, 1.54) is 14.6 Å². The molecule has 2 heterocycles. The van der Waals surface area contributed by atoms with Crippen LogP contribution in [0.1, 0.15) is 43.1 Å². The van der Waals surface area contributed by atoms with Gasteiger partial charge in [0, 0.05) is 18.2 Å². The first kappa shape index (κ1) is 13.9. The molecule has 1 aliphatic rings. The van der Waals surface area contributed by atoms with Gasteiger partial charge in [0.25, 0.3) is 0 Å². The highest BCUT2D eigenvalue weighted by atomic mass is 32.2. The number of ketones is 1. The summed E-state index contributed by atoms with van der Waals surface area (Å²) in [6.07, 6.45) is 3.38. The quantitative estimate of drug-likeness (QED) is 0.855. The second-order valence-corrected chi connectivity index (χ2v) is 8.47. The molecule has 2 aromatic rings. The SMILES string of the molecule is CCSc1sc(-c2ccn[nH]2)c2c1C(=O)CC(C)(C)C2. The average molecular weight is 306 g/mol. The highest BCUT2D eigenvalue weighted by Crippen LogP contribution is 2.48. The van der Waals surface area contributed by atoms with E-state index in [4.69, 9.17) is 0 Å². The first-order valence-corrected chi connectivity index (χ1v) is 8.63. The number of thiophene rings is 1. The zero-order valence-corrected chi connectivity index (χ0v) is 13.6. The van der Waals surface area contributed by atoms with Crippen molar-refractivity contribution < 1.29 is 4.79 Å². The molecule has 3 nitrogen and oxygen atoms in total. The maximum absolute atomic E-state index is 12.5. The third-order valence-electron chi connectivity index (χ3n) is 3.57. The van der Waals surface area contributed by atoms with Crippen LogP contribution >= 0.6 is 23.1 Å². The minimum absolute atomic E-state index is 0.0497. The van der Waals surface area contributed by atoms with Crippen molar-refractivity contribution in [2.24, 2.45) is 5.41 Å². The van der Waals surface area contributed by atoms with Crippen LogP contribution in [-0.4, -0.2) is 21.7 Å². The monoisotopic (exact) mass is 306 g/mol. The Kier molecular flexibility index (Phi) is 3.50. The van der Waals surface area contributed by atoms with E-state index >= 15 is 0 Å². The smallest absolute Gasteiger partial charge is 0.165 e. The summed E-state index contributed by atoms with van der Waals surface area (Å²) in [6.45, 7) is 6.48. The van der Waals surface area contributed by atoms with Crippen molar-refractivity contribution in [1.82, 2.24) is 10.2 Å². The third kappa shape index (κ3) is 2.33. The van der Waals surface area contributed by atoms with Crippen LogP contribution < -0.4 is 0 Å². The van der Waals surface area contributed by atoms with Crippen LogP contribution in [0.25, 0.3) is 10.6 Å². The molecule has 5 heteroatoms. The molecule has 0 aliphatic heterocycles. The largest absolute Gasteiger partial charge is 0.294 e. The summed E-state index contributed by atoms with van der Waals surface area (Å²) in [6, 6.07) is 1.98. The van der Waals surface area contributed by atoms with Crippen LogP contribution in [0.2, 0.25) is 0 Å². The molecule has 0 unspecified atom stereocenters. The number of thioether (sulfide) groups is 1. The van der Waals surface area contributed by atoms with Gasteiger partial charge in [-0.15, -0.1) is 23.1 Å². The molecule has 0 radical (unpaired) electrons. The number of rotatable bonds is 3. The molecule has 1 N–H and O–H groups in total. The van der Waals surface area contributed by atoms with E-state index in [-0.39, 0.29) is 5.41 Å². The molecule has 0 fully saturated rings. The molecule has 0 amide bonds. The van der Waals surface area contributed by atoms with Crippen LogP contribution in [-0.2, 0) is 6.42 Å². The fraction of sp³-hybridized carbons (Fsp3) is 0.467. The Morgan fingerprint density at radius 3 is 2.90 bits per heavy atom. The van der Waals surface area contributed by atoms with Gasteiger partial charge in [-0.05, 0) is 29.2 Å². The average Bonchev–Trinajstić information content (AvgIpc) is 2.95. The van der Waals surface area contributed by atoms with Crippen molar-refractivity contribution in [3.8, 4) is 10.6 Å². The third-order valence-corrected chi connectivity index (χ3v) is 5.99. The van der Waals surface area contributed by atoms with Crippen molar-refractivity contribution in [3.05, 3.63) is 23.4 Å². The summed E-state index contributed by atoms with van der Waals surface area (Å²) >= 11 is 3.51. The predicted octanol–water partition coefficient (Wildman–Crippen LogP) is 4.41. The Morgan fingerprint density at radius 2 is 2.25 bits per heavy atom. The van der Waals surface area contributed by atoms with E-state index in [9.17, 15) is 4.79 Å². The van der Waals surface area contributed by atoms with E-state index in [1.807, 2.05) is 6.07 Å². The Bertz CT molecular complexity index is 641. The normalized spacial score (nSPS) is 17.2. The number of hydrogen-bond donors (Lipinski definition) is 1. The molecule has 20 heavy (non-hydrogen) atoms. The number of aromatic nitrogens is 2. The Balaban J connectivity index is 2.18. The number of fused-ring (bicyclic) bond motifs is 1. The number of hydrogen-bond acceptors (Lipinski definition) is 4.